The van der Waals surface area contributed by atoms with Gasteiger partial charge in [-0.1, -0.05) is 26.0 Å². The van der Waals surface area contributed by atoms with Crippen LogP contribution >= 0.6 is 0 Å². The minimum Gasteiger partial charge on any atom is -0.496 e. The van der Waals surface area contributed by atoms with Crippen molar-refractivity contribution in [2.24, 2.45) is 5.84 Å². The summed E-state index contributed by atoms with van der Waals surface area (Å²) in [4.78, 5) is 11.5. The minimum atomic E-state index is -0.261. The van der Waals surface area contributed by atoms with Crippen LogP contribution in [-0.4, -0.2) is 13.0 Å². The van der Waals surface area contributed by atoms with Gasteiger partial charge < -0.3 is 4.74 Å². The van der Waals surface area contributed by atoms with Crippen LogP contribution in [0.2, 0.25) is 0 Å². The van der Waals surface area contributed by atoms with Crippen molar-refractivity contribution in [3.8, 4) is 5.75 Å². The third-order valence-corrected chi connectivity index (χ3v) is 2.91. The van der Waals surface area contributed by atoms with E-state index in [0.717, 1.165) is 16.9 Å². The average molecular weight is 236 g/mol. The van der Waals surface area contributed by atoms with Gasteiger partial charge >= 0.3 is 0 Å². The summed E-state index contributed by atoms with van der Waals surface area (Å²) in [6.07, 6.45) is 0. The van der Waals surface area contributed by atoms with Gasteiger partial charge in [0, 0.05) is 0 Å². The molecule has 0 saturated heterocycles. The second-order valence-electron chi connectivity index (χ2n) is 4.39. The van der Waals surface area contributed by atoms with Crippen molar-refractivity contribution in [2.75, 3.05) is 7.11 Å². The van der Waals surface area contributed by atoms with E-state index in [1.165, 1.54) is 0 Å². The standard InChI is InChI=1S/C13H20N2O2/c1-8(2)11-7-10(5-6-12(11)17-4)9(3)13(16)15-14/h5-9H,14H2,1-4H3,(H,15,16). The van der Waals surface area contributed by atoms with E-state index in [0.29, 0.717) is 5.92 Å². The van der Waals surface area contributed by atoms with Crippen molar-refractivity contribution in [3.63, 3.8) is 0 Å². The molecular formula is C13H20N2O2. The molecule has 1 amide bonds. The molecule has 0 fully saturated rings. The summed E-state index contributed by atoms with van der Waals surface area (Å²) in [5, 5.41) is 0. The quantitative estimate of drug-likeness (QED) is 0.477. The summed E-state index contributed by atoms with van der Waals surface area (Å²) in [6.45, 7) is 6.01. The number of hydrazine groups is 1. The molecule has 1 aromatic carbocycles. The smallest absolute Gasteiger partial charge is 0.241 e. The first-order valence-corrected chi connectivity index (χ1v) is 5.69. The van der Waals surface area contributed by atoms with E-state index in [9.17, 15) is 4.79 Å². The number of hydrogen-bond acceptors (Lipinski definition) is 3. The third-order valence-electron chi connectivity index (χ3n) is 2.91. The van der Waals surface area contributed by atoms with Crippen molar-refractivity contribution in [3.05, 3.63) is 29.3 Å². The van der Waals surface area contributed by atoms with Crippen LogP contribution in [0.3, 0.4) is 0 Å². The predicted molar refractivity (Wildman–Crippen MR) is 67.8 cm³/mol. The highest BCUT2D eigenvalue weighted by molar-refractivity contribution is 5.82. The highest BCUT2D eigenvalue weighted by atomic mass is 16.5. The summed E-state index contributed by atoms with van der Waals surface area (Å²) >= 11 is 0. The van der Waals surface area contributed by atoms with Crippen molar-refractivity contribution < 1.29 is 9.53 Å². The van der Waals surface area contributed by atoms with E-state index in [-0.39, 0.29) is 11.8 Å². The van der Waals surface area contributed by atoms with Crippen LogP contribution in [0.4, 0.5) is 0 Å². The van der Waals surface area contributed by atoms with E-state index < -0.39 is 0 Å². The zero-order chi connectivity index (χ0) is 13.0. The van der Waals surface area contributed by atoms with Gasteiger partial charge in [-0.05, 0) is 30.0 Å². The number of nitrogens with two attached hydrogens (primary N) is 1. The Balaban J connectivity index is 3.12. The molecule has 1 rings (SSSR count). The predicted octanol–water partition coefficient (Wildman–Crippen LogP) is 1.91. The second kappa shape index (κ2) is 5.68. The molecule has 17 heavy (non-hydrogen) atoms. The molecule has 3 N–H and O–H groups in total. The fraction of sp³-hybridized carbons (Fsp3) is 0.462. The van der Waals surface area contributed by atoms with Crippen LogP contribution < -0.4 is 16.0 Å². The number of amides is 1. The van der Waals surface area contributed by atoms with Crippen LogP contribution in [0.5, 0.6) is 5.75 Å². The van der Waals surface area contributed by atoms with E-state index in [1.807, 2.05) is 25.1 Å². The topological polar surface area (TPSA) is 64.3 Å². The zero-order valence-electron chi connectivity index (χ0n) is 10.8. The van der Waals surface area contributed by atoms with E-state index in [1.54, 1.807) is 7.11 Å². The number of carbonyl (C=O) groups is 1. The molecule has 0 aliphatic heterocycles. The Labute approximate surface area is 102 Å². The lowest BCUT2D eigenvalue weighted by Gasteiger charge is -2.16. The summed E-state index contributed by atoms with van der Waals surface area (Å²) < 4.78 is 5.30. The molecule has 1 atom stereocenters. The maximum Gasteiger partial charge on any atom is 0.241 e. The van der Waals surface area contributed by atoms with Gasteiger partial charge in [0.1, 0.15) is 5.75 Å². The Hall–Kier alpha value is -1.55. The van der Waals surface area contributed by atoms with Crippen LogP contribution in [0.1, 0.15) is 43.7 Å². The Bertz CT molecular complexity index is 402. The Kier molecular flexibility index (Phi) is 4.52. The molecule has 94 valence electrons. The lowest BCUT2D eigenvalue weighted by Crippen LogP contribution is -2.33. The summed E-state index contributed by atoms with van der Waals surface area (Å²) in [7, 11) is 1.65. The number of hydrogen-bond donors (Lipinski definition) is 2. The first-order chi connectivity index (χ1) is 8.01. The zero-order valence-corrected chi connectivity index (χ0v) is 10.8. The SMILES string of the molecule is COc1ccc(C(C)C(=O)NN)cc1C(C)C. The largest absolute Gasteiger partial charge is 0.496 e. The van der Waals surface area contributed by atoms with Gasteiger partial charge in [-0.15, -0.1) is 0 Å². The van der Waals surface area contributed by atoms with Crippen molar-refractivity contribution >= 4 is 5.91 Å². The van der Waals surface area contributed by atoms with Gasteiger partial charge in [0.05, 0.1) is 13.0 Å². The molecule has 0 aromatic heterocycles. The van der Waals surface area contributed by atoms with Crippen molar-refractivity contribution in [2.45, 2.75) is 32.6 Å². The third kappa shape index (κ3) is 2.97. The van der Waals surface area contributed by atoms with E-state index in [4.69, 9.17) is 10.6 Å². The highest BCUT2D eigenvalue weighted by Crippen LogP contribution is 2.29. The van der Waals surface area contributed by atoms with Crippen LogP contribution in [0, 0.1) is 0 Å². The first kappa shape index (κ1) is 13.5. The molecule has 0 spiro atoms. The van der Waals surface area contributed by atoms with Gasteiger partial charge in [-0.3, -0.25) is 10.2 Å². The molecule has 1 aromatic rings. The average Bonchev–Trinajstić information content (AvgIpc) is 2.35. The molecule has 4 nitrogen and oxygen atoms in total. The Morgan fingerprint density at radius 3 is 2.47 bits per heavy atom. The Morgan fingerprint density at radius 1 is 1.35 bits per heavy atom. The molecule has 0 bridgehead atoms. The van der Waals surface area contributed by atoms with Gasteiger partial charge in [0.2, 0.25) is 5.91 Å². The van der Waals surface area contributed by atoms with Crippen LogP contribution in [0.25, 0.3) is 0 Å². The highest BCUT2D eigenvalue weighted by Gasteiger charge is 2.16. The van der Waals surface area contributed by atoms with E-state index in [2.05, 4.69) is 19.3 Å². The van der Waals surface area contributed by atoms with Gasteiger partial charge in [0.25, 0.3) is 0 Å². The minimum absolute atomic E-state index is 0.190. The Morgan fingerprint density at radius 2 is 2.00 bits per heavy atom. The molecule has 0 radical (unpaired) electrons. The number of nitrogens with one attached hydrogen (secondary N) is 1. The number of rotatable bonds is 4. The fourth-order valence-electron chi connectivity index (χ4n) is 1.75. The van der Waals surface area contributed by atoms with Crippen molar-refractivity contribution in [1.29, 1.82) is 0 Å². The van der Waals surface area contributed by atoms with Crippen LogP contribution in [-0.2, 0) is 4.79 Å². The molecule has 0 saturated carbocycles. The summed E-state index contributed by atoms with van der Waals surface area (Å²) in [6, 6.07) is 5.79. The van der Waals surface area contributed by atoms with Crippen molar-refractivity contribution in [1.82, 2.24) is 5.43 Å². The summed E-state index contributed by atoms with van der Waals surface area (Å²) in [5.41, 5.74) is 4.21. The number of ether oxygens (including phenoxy) is 1. The normalized spacial score (nSPS) is 12.4. The molecule has 4 heteroatoms. The number of carbonyl (C=O) groups excluding carboxylic acids is 1. The molecule has 0 heterocycles. The van der Waals surface area contributed by atoms with E-state index >= 15 is 0 Å². The van der Waals surface area contributed by atoms with Gasteiger partial charge in [0.15, 0.2) is 0 Å². The monoisotopic (exact) mass is 236 g/mol. The lowest BCUT2D eigenvalue weighted by molar-refractivity contribution is -0.122. The maximum atomic E-state index is 11.5. The molecule has 1 unspecified atom stereocenters. The molecule has 0 aliphatic rings. The lowest BCUT2D eigenvalue weighted by atomic mass is 9.93. The number of methoxy groups -OCH3 is 1. The number of benzene rings is 1. The maximum absolute atomic E-state index is 11.5. The van der Waals surface area contributed by atoms with Crippen LogP contribution in [0.15, 0.2) is 18.2 Å². The first-order valence-electron chi connectivity index (χ1n) is 5.69. The molecule has 0 aliphatic carbocycles. The molecular weight excluding hydrogens is 216 g/mol. The summed E-state index contributed by atoms with van der Waals surface area (Å²) in [5.74, 6) is 5.89. The second-order valence-corrected chi connectivity index (χ2v) is 4.39. The fourth-order valence-corrected chi connectivity index (χ4v) is 1.75. The van der Waals surface area contributed by atoms with Gasteiger partial charge in [-0.2, -0.15) is 0 Å². The van der Waals surface area contributed by atoms with Gasteiger partial charge in [-0.25, -0.2) is 5.84 Å².